The molecule has 114 valence electrons. The van der Waals surface area contributed by atoms with E-state index in [-0.39, 0.29) is 17.3 Å². The number of carbonyl (C=O) groups excluding carboxylic acids is 1. The van der Waals surface area contributed by atoms with E-state index in [1.165, 1.54) is 38.2 Å². The van der Waals surface area contributed by atoms with Gasteiger partial charge in [-0.25, -0.2) is 9.48 Å². The van der Waals surface area contributed by atoms with Gasteiger partial charge in [-0.3, -0.25) is 9.59 Å². The molecule has 1 amide bonds. The van der Waals surface area contributed by atoms with E-state index in [0.717, 1.165) is 4.68 Å². The second-order valence-electron chi connectivity index (χ2n) is 4.40. The Morgan fingerprint density at radius 1 is 1.23 bits per heavy atom. The Balaban J connectivity index is 2.29. The van der Waals surface area contributed by atoms with Crippen LogP contribution in [0.5, 0.6) is 0 Å². The first-order valence-corrected chi connectivity index (χ1v) is 6.20. The van der Waals surface area contributed by atoms with E-state index in [0.29, 0.717) is 5.69 Å². The summed E-state index contributed by atoms with van der Waals surface area (Å²) >= 11 is 0. The molecule has 3 N–H and O–H groups in total. The smallest absolute Gasteiger partial charge is 0.335 e. The molecule has 1 aromatic carbocycles. The van der Waals surface area contributed by atoms with Gasteiger partial charge in [-0.2, -0.15) is 4.98 Å². The van der Waals surface area contributed by atoms with Crippen LogP contribution in [0.2, 0.25) is 0 Å². The molecule has 2 rings (SSSR count). The lowest BCUT2D eigenvalue weighted by atomic mass is 10.2. The predicted octanol–water partition coefficient (Wildman–Crippen LogP) is 0.575. The minimum atomic E-state index is -1.03. The maximum absolute atomic E-state index is 11.8. The second-order valence-corrected chi connectivity index (χ2v) is 4.40. The van der Waals surface area contributed by atoms with Crippen LogP contribution in [0.1, 0.15) is 17.3 Å². The Morgan fingerprint density at radius 3 is 2.41 bits per heavy atom. The minimum Gasteiger partial charge on any atom is -0.478 e. The van der Waals surface area contributed by atoms with E-state index in [1.807, 2.05) is 0 Å². The highest BCUT2D eigenvalue weighted by molar-refractivity contribution is 5.88. The number of hydrogen-bond acceptors (Lipinski definition) is 6. The van der Waals surface area contributed by atoms with Crippen molar-refractivity contribution in [1.82, 2.24) is 14.8 Å². The minimum absolute atomic E-state index is 0.0916. The van der Waals surface area contributed by atoms with Gasteiger partial charge in [0.2, 0.25) is 17.7 Å². The zero-order valence-corrected chi connectivity index (χ0v) is 11.8. The van der Waals surface area contributed by atoms with Gasteiger partial charge in [0.25, 0.3) is 0 Å². The van der Waals surface area contributed by atoms with Crippen molar-refractivity contribution < 1.29 is 14.7 Å². The number of aryl methyl sites for hydroxylation is 1. The van der Waals surface area contributed by atoms with Crippen LogP contribution >= 0.6 is 0 Å². The fraction of sp³-hybridized carbons (Fsp3) is 0.154. The van der Waals surface area contributed by atoms with Crippen LogP contribution in [-0.2, 0) is 11.8 Å². The van der Waals surface area contributed by atoms with Crippen molar-refractivity contribution in [1.29, 1.82) is 0 Å². The van der Waals surface area contributed by atoms with Gasteiger partial charge in [0.15, 0.2) is 0 Å². The van der Waals surface area contributed by atoms with E-state index in [1.54, 1.807) is 0 Å². The number of aromatic nitrogens is 3. The summed E-state index contributed by atoms with van der Waals surface area (Å²) in [4.78, 5) is 37.5. The average Bonchev–Trinajstić information content (AvgIpc) is 2.44. The number of nitrogens with one attached hydrogen (secondary N) is 2. The lowest BCUT2D eigenvalue weighted by molar-refractivity contribution is -0.114. The maximum Gasteiger partial charge on any atom is 0.335 e. The Hall–Kier alpha value is -3.23. The molecular weight excluding hydrogens is 290 g/mol. The molecule has 0 radical (unpaired) electrons. The van der Waals surface area contributed by atoms with Crippen LogP contribution in [-0.4, -0.2) is 31.7 Å². The first-order chi connectivity index (χ1) is 10.4. The molecule has 0 aliphatic heterocycles. The first-order valence-electron chi connectivity index (χ1n) is 6.20. The number of rotatable bonds is 4. The summed E-state index contributed by atoms with van der Waals surface area (Å²) in [7, 11) is 1.42. The van der Waals surface area contributed by atoms with E-state index < -0.39 is 17.4 Å². The molecule has 0 unspecified atom stereocenters. The Morgan fingerprint density at radius 2 is 1.86 bits per heavy atom. The summed E-state index contributed by atoms with van der Waals surface area (Å²) in [5, 5.41) is 17.9. The number of aromatic carboxylic acids is 1. The molecule has 9 nitrogen and oxygen atoms in total. The highest BCUT2D eigenvalue weighted by atomic mass is 16.4. The fourth-order valence-electron chi connectivity index (χ4n) is 1.64. The van der Waals surface area contributed by atoms with Gasteiger partial charge < -0.3 is 15.7 Å². The van der Waals surface area contributed by atoms with E-state index in [4.69, 9.17) is 5.11 Å². The summed E-state index contributed by atoms with van der Waals surface area (Å²) in [6, 6.07) is 5.91. The third kappa shape index (κ3) is 3.45. The number of amides is 1. The van der Waals surface area contributed by atoms with Crippen LogP contribution in [0.25, 0.3) is 0 Å². The zero-order chi connectivity index (χ0) is 16.3. The molecule has 2 aromatic rings. The number of hydrogen-bond donors (Lipinski definition) is 3. The van der Waals surface area contributed by atoms with Crippen molar-refractivity contribution in [2.24, 2.45) is 7.05 Å². The van der Waals surface area contributed by atoms with Crippen LogP contribution in [0.4, 0.5) is 17.5 Å². The largest absolute Gasteiger partial charge is 0.478 e. The Kier molecular flexibility index (Phi) is 4.16. The molecule has 9 heteroatoms. The fourth-order valence-corrected chi connectivity index (χ4v) is 1.64. The second kappa shape index (κ2) is 6.04. The van der Waals surface area contributed by atoms with E-state index in [2.05, 4.69) is 20.7 Å². The quantitative estimate of drug-likeness (QED) is 0.753. The molecule has 0 atom stereocenters. The first kappa shape index (κ1) is 15.2. The van der Waals surface area contributed by atoms with Gasteiger partial charge >= 0.3 is 11.5 Å². The number of anilines is 3. The number of benzene rings is 1. The van der Waals surface area contributed by atoms with Gasteiger partial charge in [-0.1, -0.05) is 0 Å². The van der Waals surface area contributed by atoms with Gasteiger partial charge in [-0.05, 0) is 24.3 Å². The molecule has 0 spiro atoms. The zero-order valence-electron chi connectivity index (χ0n) is 11.8. The van der Waals surface area contributed by atoms with E-state index >= 15 is 0 Å². The predicted molar refractivity (Wildman–Crippen MR) is 78.3 cm³/mol. The molecule has 0 bridgehead atoms. The number of nitrogens with zero attached hydrogens (tertiary/aromatic N) is 3. The normalized spacial score (nSPS) is 10.1. The highest BCUT2D eigenvalue weighted by Crippen LogP contribution is 2.14. The van der Waals surface area contributed by atoms with Crippen LogP contribution in [0, 0.1) is 0 Å². The van der Waals surface area contributed by atoms with Crippen molar-refractivity contribution in [3.63, 3.8) is 0 Å². The van der Waals surface area contributed by atoms with Gasteiger partial charge in [-0.15, -0.1) is 5.10 Å². The third-order valence-corrected chi connectivity index (χ3v) is 2.64. The van der Waals surface area contributed by atoms with Gasteiger partial charge in [0.05, 0.1) is 5.56 Å². The molecule has 0 saturated heterocycles. The summed E-state index contributed by atoms with van der Waals surface area (Å²) in [6.45, 7) is 1.26. The standard InChI is InChI=1S/C13H13N5O4/c1-7(19)14-10-11(20)18(2)17-13(16-10)15-9-5-3-8(4-6-9)12(21)22/h3-6H,1-2H3,(H,21,22)(H2,14,15,16,17,19). The molecule has 0 saturated carbocycles. The van der Waals surface area contributed by atoms with Gasteiger partial charge in [0.1, 0.15) is 0 Å². The number of carboxylic acid groups (broad SMARTS) is 1. The van der Waals surface area contributed by atoms with Gasteiger partial charge in [0, 0.05) is 19.7 Å². The summed E-state index contributed by atoms with van der Waals surface area (Å²) in [5.74, 6) is -1.51. The monoisotopic (exact) mass is 303 g/mol. The van der Waals surface area contributed by atoms with Crippen LogP contribution in [0.15, 0.2) is 29.1 Å². The Labute approximate surface area is 124 Å². The molecule has 0 fully saturated rings. The summed E-state index contributed by atoms with van der Waals surface area (Å²) in [6.07, 6.45) is 0. The highest BCUT2D eigenvalue weighted by Gasteiger charge is 2.10. The van der Waals surface area contributed by atoms with Crippen LogP contribution < -0.4 is 16.2 Å². The molecule has 0 aliphatic rings. The lowest BCUT2D eigenvalue weighted by Crippen LogP contribution is -2.27. The third-order valence-electron chi connectivity index (χ3n) is 2.64. The maximum atomic E-state index is 11.8. The lowest BCUT2D eigenvalue weighted by Gasteiger charge is -2.08. The molecule has 22 heavy (non-hydrogen) atoms. The van der Waals surface area contributed by atoms with Crippen molar-refractivity contribution >= 4 is 29.3 Å². The van der Waals surface area contributed by atoms with Crippen molar-refractivity contribution in [2.45, 2.75) is 6.92 Å². The van der Waals surface area contributed by atoms with Crippen LogP contribution in [0.3, 0.4) is 0 Å². The summed E-state index contributed by atoms with van der Waals surface area (Å²) < 4.78 is 1.03. The number of carboxylic acids is 1. The topological polar surface area (TPSA) is 126 Å². The van der Waals surface area contributed by atoms with E-state index in [9.17, 15) is 14.4 Å². The number of carbonyl (C=O) groups is 2. The SMILES string of the molecule is CC(=O)Nc1nc(Nc2ccc(C(=O)O)cc2)nn(C)c1=O. The Bertz CT molecular complexity index is 782. The molecule has 1 aromatic heterocycles. The summed E-state index contributed by atoms with van der Waals surface area (Å²) in [5.41, 5.74) is 0.144. The van der Waals surface area contributed by atoms with Crippen molar-refractivity contribution in [2.75, 3.05) is 10.6 Å². The molecule has 1 heterocycles. The van der Waals surface area contributed by atoms with Crippen molar-refractivity contribution in [3.8, 4) is 0 Å². The molecule has 0 aliphatic carbocycles. The average molecular weight is 303 g/mol. The van der Waals surface area contributed by atoms with Crippen molar-refractivity contribution in [3.05, 3.63) is 40.2 Å². The molecular formula is C13H13N5O4.